The van der Waals surface area contributed by atoms with Gasteiger partial charge >= 0.3 is 17.9 Å². The summed E-state index contributed by atoms with van der Waals surface area (Å²) in [6, 6.07) is 0. The van der Waals surface area contributed by atoms with Crippen LogP contribution in [-0.2, 0) is 28.6 Å². The van der Waals surface area contributed by atoms with Crippen LogP contribution in [0.25, 0.3) is 0 Å². The number of hydrogen-bond acceptors (Lipinski definition) is 7. The number of carbonyl (C=O) groups is 3. The predicted molar refractivity (Wildman–Crippen MR) is 75.5 cm³/mol. The Kier molecular flexibility index (Phi) is 9.87. The van der Waals surface area contributed by atoms with Crippen LogP contribution in [0.1, 0.15) is 19.8 Å². The van der Waals surface area contributed by atoms with Gasteiger partial charge in [-0.2, -0.15) is 0 Å². The first kappa shape index (κ1) is 19.1. The van der Waals surface area contributed by atoms with Gasteiger partial charge in [-0.15, -0.1) is 0 Å². The molecule has 0 amide bonds. The first-order valence-electron chi connectivity index (χ1n) is 6.61. The zero-order valence-electron chi connectivity index (χ0n) is 12.8. The second kappa shape index (κ2) is 10.8. The standard InChI is InChI=1S/C14H23NO6/c1-11(2)14(18)21-10-9-20-13(17)6-5-12(16)19-8-7-15(3)4/h1,5-10H2,2-4H3. The lowest BCUT2D eigenvalue weighted by Gasteiger charge is -2.09. The molecule has 0 aliphatic carbocycles. The maximum atomic E-state index is 11.3. The third kappa shape index (κ3) is 11.6. The molecule has 0 aromatic rings. The zero-order valence-corrected chi connectivity index (χ0v) is 12.8. The summed E-state index contributed by atoms with van der Waals surface area (Å²) in [6.45, 7) is 5.77. The van der Waals surface area contributed by atoms with E-state index in [-0.39, 0.29) is 38.2 Å². The van der Waals surface area contributed by atoms with Crippen LogP contribution in [-0.4, -0.2) is 63.3 Å². The minimum Gasteiger partial charge on any atom is -0.464 e. The van der Waals surface area contributed by atoms with Crippen LogP contribution in [0.2, 0.25) is 0 Å². The second-order valence-electron chi connectivity index (χ2n) is 4.66. The predicted octanol–water partition coefficient (Wildman–Crippen LogP) is 0.534. The average Bonchev–Trinajstić information content (AvgIpc) is 2.40. The zero-order chi connectivity index (χ0) is 16.3. The van der Waals surface area contributed by atoms with E-state index in [1.54, 1.807) is 0 Å². The topological polar surface area (TPSA) is 82.1 Å². The Morgan fingerprint density at radius 1 is 0.905 bits per heavy atom. The summed E-state index contributed by atoms with van der Waals surface area (Å²) in [5, 5.41) is 0. The van der Waals surface area contributed by atoms with Crippen molar-refractivity contribution in [3.8, 4) is 0 Å². The maximum Gasteiger partial charge on any atom is 0.333 e. The van der Waals surface area contributed by atoms with Crippen molar-refractivity contribution in [2.24, 2.45) is 0 Å². The van der Waals surface area contributed by atoms with Crippen molar-refractivity contribution in [1.29, 1.82) is 0 Å². The first-order chi connectivity index (χ1) is 9.82. The Labute approximate surface area is 124 Å². The smallest absolute Gasteiger partial charge is 0.333 e. The van der Waals surface area contributed by atoms with Gasteiger partial charge in [-0.25, -0.2) is 4.79 Å². The van der Waals surface area contributed by atoms with Crippen LogP contribution in [0.5, 0.6) is 0 Å². The number of rotatable bonds is 10. The molecule has 0 spiro atoms. The van der Waals surface area contributed by atoms with Gasteiger partial charge in [0.25, 0.3) is 0 Å². The fourth-order valence-electron chi connectivity index (χ4n) is 1.10. The van der Waals surface area contributed by atoms with Gasteiger partial charge in [-0.1, -0.05) is 6.58 Å². The number of carbonyl (C=O) groups excluding carboxylic acids is 3. The molecule has 0 atom stereocenters. The monoisotopic (exact) mass is 301 g/mol. The Hall–Kier alpha value is -1.89. The highest BCUT2D eigenvalue weighted by atomic mass is 16.6. The summed E-state index contributed by atoms with van der Waals surface area (Å²) in [4.78, 5) is 35.5. The summed E-state index contributed by atoms with van der Waals surface area (Å²) in [5.74, 6) is -1.51. The molecular formula is C14H23NO6. The van der Waals surface area contributed by atoms with Gasteiger partial charge < -0.3 is 19.1 Å². The number of likely N-dealkylation sites (N-methyl/N-ethyl adjacent to an activating group) is 1. The number of hydrogen-bond donors (Lipinski definition) is 0. The average molecular weight is 301 g/mol. The largest absolute Gasteiger partial charge is 0.464 e. The summed E-state index contributed by atoms with van der Waals surface area (Å²) in [5.41, 5.74) is 0.279. The second-order valence-corrected chi connectivity index (χ2v) is 4.66. The molecule has 0 aliphatic heterocycles. The lowest BCUT2D eigenvalue weighted by molar-refractivity contribution is -0.153. The summed E-state index contributed by atoms with van der Waals surface area (Å²) >= 11 is 0. The van der Waals surface area contributed by atoms with Crippen molar-refractivity contribution >= 4 is 17.9 Å². The van der Waals surface area contributed by atoms with E-state index < -0.39 is 17.9 Å². The van der Waals surface area contributed by atoms with Gasteiger partial charge in [0, 0.05) is 12.1 Å². The maximum absolute atomic E-state index is 11.3. The Bertz CT molecular complexity index is 378. The highest BCUT2D eigenvalue weighted by molar-refractivity contribution is 5.86. The summed E-state index contributed by atoms with van der Waals surface area (Å²) in [7, 11) is 3.73. The van der Waals surface area contributed by atoms with E-state index in [1.165, 1.54) is 6.92 Å². The van der Waals surface area contributed by atoms with Gasteiger partial charge in [0.15, 0.2) is 0 Å². The highest BCUT2D eigenvalue weighted by Crippen LogP contribution is 1.97. The molecule has 0 N–H and O–H groups in total. The van der Waals surface area contributed by atoms with E-state index in [0.717, 1.165) is 0 Å². The van der Waals surface area contributed by atoms with E-state index in [9.17, 15) is 14.4 Å². The van der Waals surface area contributed by atoms with E-state index >= 15 is 0 Å². The molecule has 0 fully saturated rings. The Morgan fingerprint density at radius 3 is 1.86 bits per heavy atom. The fourth-order valence-corrected chi connectivity index (χ4v) is 1.10. The third-order valence-electron chi connectivity index (χ3n) is 2.26. The molecule has 0 unspecified atom stereocenters. The molecule has 0 aliphatic rings. The fraction of sp³-hybridized carbons (Fsp3) is 0.643. The van der Waals surface area contributed by atoms with Crippen LogP contribution in [0.3, 0.4) is 0 Å². The molecule has 0 aromatic heterocycles. The van der Waals surface area contributed by atoms with Crippen LogP contribution in [0.15, 0.2) is 12.2 Å². The van der Waals surface area contributed by atoms with Crippen molar-refractivity contribution in [2.45, 2.75) is 19.8 Å². The molecule has 7 nitrogen and oxygen atoms in total. The summed E-state index contributed by atoms with van der Waals surface area (Å²) < 4.78 is 14.5. The van der Waals surface area contributed by atoms with E-state index in [0.29, 0.717) is 6.54 Å². The molecule has 0 rings (SSSR count). The SMILES string of the molecule is C=C(C)C(=O)OCCOC(=O)CCC(=O)OCCN(C)C. The first-order valence-corrected chi connectivity index (χ1v) is 6.61. The normalized spacial score (nSPS) is 10.1. The molecule has 21 heavy (non-hydrogen) atoms. The molecule has 120 valence electrons. The lowest BCUT2D eigenvalue weighted by atomic mass is 10.3. The Balaban J connectivity index is 3.60. The van der Waals surface area contributed by atoms with Crippen LogP contribution < -0.4 is 0 Å². The summed E-state index contributed by atoms with van der Waals surface area (Å²) in [6.07, 6.45) is -0.0902. The van der Waals surface area contributed by atoms with Crippen molar-refractivity contribution in [3.63, 3.8) is 0 Å². The number of ether oxygens (including phenoxy) is 3. The van der Waals surface area contributed by atoms with E-state index in [2.05, 4.69) is 6.58 Å². The molecular weight excluding hydrogens is 278 g/mol. The minimum absolute atomic E-state index is 0.0299. The Morgan fingerprint density at radius 2 is 1.38 bits per heavy atom. The van der Waals surface area contributed by atoms with Crippen LogP contribution >= 0.6 is 0 Å². The molecule has 0 radical (unpaired) electrons. The lowest BCUT2D eigenvalue weighted by Crippen LogP contribution is -2.20. The molecule has 0 heterocycles. The molecule has 0 saturated carbocycles. The third-order valence-corrected chi connectivity index (χ3v) is 2.26. The van der Waals surface area contributed by atoms with Crippen molar-refractivity contribution in [1.82, 2.24) is 4.90 Å². The van der Waals surface area contributed by atoms with Crippen molar-refractivity contribution < 1.29 is 28.6 Å². The van der Waals surface area contributed by atoms with E-state index in [1.807, 2.05) is 19.0 Å². The molecule has 0 aromatic carbocycles. The van der Waals surface area contributed by atoms with Crippen LogP contribution in [0, 0.1) is 0 Å². The van der Waals surface area contributed by atoms with Gasteiger partial charge in [-0.3, -0.25) is 9.59 Å². The van der Waals surface area contributed by atoms with Gasteiger partial charge in [0.1, 0.15) is 19.8 Å². The van der Waals surface area contributed by atoms with E-state index in [4.69, 9.17) is 14.2 Å². The van der Waals surface area contributed by atoms with Crippen molar-refractivity contribution in [2.75, 3.05) is 40.5 Å². The van der Waals surface area contributed by atoms with Crippen LogP contribution in [0.4, 0.5) is 0 Å². The molecule has 7 heteroatoms. The van der Waals surface area contributed by atoms with Gasteiger partial charge in [0.05, 0.1) is 12.8 Å². The van der Waals surface area contributed by atoms with Gasteiger partial charge in [-0.05, 0) is 21.0 Å². The number of esters is 3. The minimum atomic E-state index is -0.536. The molecule has 0 bridgehead atoms. The van der Waals surface area contributed by atoms with Crippen molar-refractivity contribution in [3.05, 3.63) is 12.2 Å². The van der Waals surface area contributed by atoms with Gasteiger partial charge in [0.2, 0.25) is 0 Å². The quantitative estimate of drug-likeness (QED) is 0.252. The highest BCUT2D eigenvalue weighted by Gasteiger charge is 2.10. The molecule has 0 saturated heterocycles. The number of nitrogens with zero attached hydrogens (tertiary/aromatic N) is 1.